The molecule has 1 unspecified atom stereocenters. The second kappa shape index (κ2) is 22.2. The summed E-state index contributed by atoms with van der Waals surface area (Å²) in [6, 6.07) is 3.90. The Balaban J connectivity index is 1.11. The molecule has 14 heteroatoms. The standard InChI is InChI=1S/C33H49N3O11/c1-2-3-4-5-6-10-29(38)47-24-23-46-22-21-45-20-19-44-18-17-43-16-15-42-14-13-34-26-9-7-8-25-30(26)33(41)36(32(25)40)27-11-12-28(37)35-31(27)39/h7-9,27,34H,2-6,10-24H2,1H3,(H,35,37,39). The lowest BCUT2D eigenvalue weighted by Gasteiger charge is -2.27. The molecule has 2 heterocycles. The van der Waals surface area contributed by atoms with Crippen LogP contribution in [-0.2, 0) is 42.8 Å². The Morgan fingerprint density at radius 2 is 1.38 bits per heavy atom. The van der Waals surface area contributed by atoms with Gasteiger partial charge in [-0.15, -0.1) is 0 Å². The molecule has 14 nitrogen and oxygen atoms in total. The summed E-state index contributed by atoms with van der Waals surface area (Å²) in [7, 11) is 0. The highest BCUT2D eigenvalue weighted by atomic mass is 16.6. The van der Waals surface area contributed by atoms with Gasteiger partial charge in [-0.3, -0.25) is 34.2 Å². The predicted octanol–water partition coefficient (Wildman–Crippen LogP) is 2.49. The summed E-state index contributed by atoms with van der Waals surface area (Å²) in [5.74, 6) is -2.34. The van der Waals surface area contributed by atoms with E-state index in [1.54, 1.807) is 18.2 Å². The molecule has 1 aromatic rings. The maximum atomic E-state index is 13.1. The molecule has 0 aromatic heterocycles. The SMILES string of the molecule is CCCCCCCC(=O)OCCOCCOCCOCCOCCOCCNc1cccc2c1C(=O)N(C1CCC(=O)NC1=O)C2=O. The molecule has 4 amide bonds. The number of unbranched alkanes of at least 4 members (excludes halogenated alkanes) is 4. The third kappa shape index (κ3) is 13.3. The van der Waals surface area contributed by atoms with Crippen molar-refractivity contribution in [1.29, 1.82) is 0 Å². The highest BCUT2D eigenvalue weighted by Crippen LogP contribution is 2.32. The van der Waals surface area contributed by atoms with Crippen LogP contribution < -0.4 is 10.6 Å². The van der Waals surface area contributed by atoms with Gasteiger partial charge in [0, 0.05) is 25.1 Å². The fraction of sp³-hybridized carbons (Fsp3) is 0.667. The fourth-order valence-electron chi connectivity index (χ4n) is 5.06. The molecule has 262 valence electrons. The molecule has 1 fully saturated rings. The Morgan fingerprint density at radius 1 is 0.787 bits per heavy atom. The number of piperidine rings is 1. The first-order chi connectivity index (χ1) is 22.9. The first kappa shape index (κ1) is 38.0. The average molecular weight is 664 g/mol. The van der Waals surface area contributed by atoms with Crippen LogP contribution in [0.3, 0.4) is 0 Å². The maximum Gasteiger partial charge on any atom is 0.305 e. The molecule has 0 saturated carbocycles. The Labute approximate surface area is 276 Å². The van der Waals surface area contributed by atoms with Gasteiger partial charge in [-0.2, -0.15) is 0 Å². The van der Waals surface area contributed by atoms with E-state index in [2.05, 4.69) is 17.6 Å². The molecule has 0 radical (unpaired) electrons. The second-order valence-corrected chi connectivity index (χ2v) is 11.0. The fourth-order valence-corrected chi connectivity index (χ4v) is 5.06. The number of nitrogens with zero attached hydrogens (tertiary/aromatic N) is 1. The van der Waals surface area contributed by atoms with Crippen LogP contribution in [0.1, 0.15) is 79.0 Å². The Morgan fingerprint density at radius 3 is 2.00 bits per heavy atom. The molecule has 2 aliphatic heterocycles. The zero-order valence-corrected chi connectivity index (χ0v) is 27.4. The molecule has 0 bridgehead atoms. The molecule has 3 rings (SSSR count). The summed E-state index contributed by atoms with van der Waals surface area (Å²) in [4.78, 5) is 62.4. The van der Waals surface area contributed by atoms with E-state index in [0.717, 1.165) is 24.2 Å². The van der Waals surface area contributed by atoms with Gasteiger partial charge >= 0.3 is 5.97 Å². The highest BCUT2D eigenvalue weighted by molar-refractivity contribution is 6.25. The molecule has 2 N–H and O–H groups in total. The van der Waals surface area contributed by atoms with Crippen molar-refractivity contribution >= 4 is 35.3 Å². The van der Waals surface area contributed by atoms with Gasteiger partial charge in [0.1, 0.15) is 12.6 Å². The molecule has 47 heavy (non-hydrogen) atoms. The predicted molar refractivity (Wildman–Crippen MR) is 170 cm³/mol. The highest BCUT2D eigenvalue weighted by Gasteiger charge is 2.45. The number of rotatable bonds is 26. The van der Waals surface area contributed by atoms with Crippen molar-refractivity contribution in [2.75, 3.05) is 84.5 Å². The van der Waals surface area contributed by atoms with Crippen molar-refractivity contribution in [2.24, 2.45) is 0 Å². The van der Waals surface area contributed by atoms with Gasteiger partial charge in [0.25, 0.3) is 11.8 Å². The number of ether oxygens (including phenoxy) is 6. The van der Waals surface area contributed by atoms with Crippen molar-refractivity contribution in [1.82, 2.24) is 10.2 Å². The second-order valence-electron chi connectivity index (χ2n) is 11.0. The van der Waals surface area contributed by atoms with E-state index in [1.807, 2.05) is 0 Å². The number of imide groups is 2. The molecule has 2 aliphatic rings. The van der Waals surface area contributed by atoms with Gasteiger partial charge in [-0.05, 0) is 25.0 Å². The van der Waals surface area contributed by atoms with Crippen molar-refractivity contribution in [3.05, 3.63) is 29.3 Å². The van der Waals surface area contributed by atoms with Crippen LogP contribution in [0.4, 0.5) is 5.69 Å². The number of fused-ring (bicyclic) bond motifs is 1. The first-order valence-corrected chi connectivity index (χ1v) is 16.6. The Kier molecular flexibility index (Phi) is 18.0. The van der Waals surface area contributed by atoms with Crippen LogP contribution >= 0.6 is 0 Å². The summed E-state index contributed by atoms with van der Waals surface area (Å²) in [5, 5.41) is 5.32. The normalized spacial score (nSPS) is 16.0. The minimum Gasteiger partial charge on any atom is -0.463 e. The van der Waals surface area contributed by atoms with E-state index in [4.69, 9.17) is 28.4 Å². The van der Waals surface area contributed by atoms with Crippen LogP contribution in [0.15, 0.2) is 18.2 Å². The number of hydrogen-bond donors (Lipinski definition) is 2. The third-order valence-corrected chi connectivity index (χ3v) is 7.49. The van der Waals surface area contributed by atoms with Gasteiger partial charge in [0.2, 0.25) is 11.8 Å². The molecule has 1 aromatic carbocycles. The van der Waals surface area contributed by atoms with Gasteiger partial charge in [-0.1, -0.05) is 38.7 Å². The molecule has 0 aliphatic carbocycles. The van der Waals surface area contributed by atoms with E-state index in [9.17, 15) is 24.0 Å². The number of esters is 1. The molecule has 0 spiro atoms. The van der Waals surface area contributed by atoms with E-state index >= 15 is 0 Å². The summed E-state index contributed by atoms with van der Waals surface area (Å²) < 4.78 is 32.5. The topological polar surface area (TPSA) is 168 Å². The smallest absolute Gasteiger partial charge is 0.305 e. The van der Waals surface area contributed by atoms with E-state index < -0.39 is 29.7 Å². The lowest BCUT2D eigenvalue weighted by Crippen LogP contribution is -2.54. The first-order valence-electron chi connectivity index (χ1n) is 16.6. The Bertz CT molecular complexity index is 1160. The number of carbonyl (C=O) groups is 5. The number of amides is 4. The summed E-state index contributed by atoms with van der Waals surface area (Å²) in [6.07, 6.45) is 6.14. The minimum absolute atomic E-state index is 0.0669. The van der Waals surface area contributed by atoms with Crippen molar-refractivity contribution in [3.63, 3.8) is 0 Å². The average Bonchev–Trinajstić information content (AvgIpc) is 3.31. The van der Waals surface area contributed by atoms with Crippen molar-refractivity contribution in [2.45, 2.75) is 64.3 Å². The largest absolute Gasteiger partial charge is 0.463 e. The van der Waals surface area contributed by atoms with Crippen LogP contribution in [0.2, 0.25) is 0 Å². The van der Waals surface area contributed by atoms with E-state index in [1.165, 1.54) is 12.8 Å². The minimum atomic E-state index is -1.01. The monoisotopic (exact) mass is 663 g/mol. The van der Waals surface area contributed by atoms with E-state index in [0.29, 0.717) is 84.7 Å². The third-order valence-electron chi connectivity index (χ3n) is 7.49. The van der Waals surface area contributed by atoms with Crippen LogP contribution in [0.25, 0.3) is 0 Å². The zero-order valence-electron chi connectivity index (χ0n) is 27.4. The lowest BCUT2D eigenvalue weighted by atomic mass is 10.0. The van der Waals surface area contributed by atoms with Gasteiger partial charge in [0.05, 0.1) is 77.2 Å². The van der Waals surface area contributed by atoms with Gasteiger partial charge < -0.3 is 33.7 Å². The lowest BCUT2D eigenvalue weighted by molar-refractivity contribution is -0.145. The number of nitrogens with one attached hydrogen (secondary N) is 2. The number of benzene rings is 1. The zero-order chi connectivity index (χ0) is 33.7. The Hall–Kier alpha value is -3.43. The van der Waals surface area contributed by atoms with Crippen molar-refractivity contribution in [3.8, 4) is 0 Å². The van der Waals surface area contributed by atoms with Gasteiger partial charge in [0.15, 0.2) is 0 Å². The number of carbonyl (C=O) groups excluding carboxylic acids is 5. The maximum absolute atomic E-state index is 13.1. The van der Waals surface area contributed by atoms with E-state index in [-0.39, 0.29) is 36.5 Å². The quantitative estimate of drug-likeness (QED) is 0.0846. The van der Waals surface area contributed by atoms with Crippen LogP contribution in [0, 0.1) is 0 Å². The number of hydrogen-bond acceptors (Lipinski definition) is 12. The molecule has 1 atom stereocenters. The summed E-state index contributed by atoms with van der Waals surface area (Å²) in [6.45, 7) is 6.82. The molecule has 1 saturated heterocycles. The van der Waals surface area contributed by atoms with Gasteiger partial charge in [-0.25, -0.2) is 0 Å². The van der Waals surface area contributed by atoms with Crippen LogP contribution in [0.5, 0.6) is 0 Å². The number of anilines is 1. The van der Waals surface area contributed by atoms with Crippen molar-refractivity contribution < 1.29 is 52.4 Å². The molecular weight excluding hydrogens is 614 g/mol. The molecular formula is C33H49N3O11. The van der Waals surface area contributed by atoms with Crippen LogP contribution in [-0.4, -0.2) is 120 Å². The summed E-state index contributed by atoms with van der Waals surface area (Å²) in [5.41, 5.74) is 0.907. The summed E-state index contributed by atoms with van der Waals surface area (Å²) >= 11 is 0.